The molecule has 1 unspecified atom stereocenters. The molecule has 1 rings (SSSR count). The number of ketones is 1. The first kappa shape index (κ1) is 12.0. The maximum Gasteiger partial charge on any atom is 0.198 e. The Morgan fingerprint density at radius 1 is 1.40 bits per heavy atom. The SMILES string of the molecule is CCCC(C)CC(=O)c1ccc(CC)o1. The highest BCUT2D eigenvalue weighted by atomic mass is 16.3. The first-order chi connectivity index (χ1) is 7.17. The molecule has 0 aliphatic carbocycles. The number of carbonyl (C=O) groups excluding carboxylic acids is 1. The topological polar surface area (TPSA) is 30.2 Å². The zero-order valence-electron chi connectivity index (χ0n) is 9.88. The van der Waals surface area contributed by atoms with Crippen molar-refractivity contribution in [3.05, 3.63) is 23.7 Å². The minimum absolute atomic E-state index is 0.135. The molecule has 0 aliphatic heterocycles. The molecule has 0 bridgehead atoms. The van der Waals surface area contributed by atoms with Gasteiger partial charge in [0.25, 0.3) is 0 Å². The fourth-order valence-corrected chi connectivity index (χ4v) is 1.73. The van der Waals surface area contributed by atoms with Gasteiger partial charge in [-0.15, -0.1) is 0 Å². The summed E-state index contributed by atoms with van der Waals surface area (Å²) in [7, 11) is 0. The average molecular weight is 208 g/mol. The summed E-state index contributed by atoms with van der Waals surface area (Å²) in [6, 6.07) is 3.68. The molecule has 0 spiro atoms. The highest BCUT2D eigenvalue weighted by Crippen LogP contribution is 2.16. The standard InChI is InChI=1S/C13H20O2/c1-4-6-10(3)9-12(14)13-8-7-11(5-2)15-13/h7-8,10H,4-6,9H2,1-3H3. The summed E-state index contributed by atoms with van der Waals surface area (Å²) < 4.78 is 5.42. The lowest BCUT2D eigenvalue weighted by atomic mass is 9.99. The van der Waals surface area contributed by atoms with E-state index < -0.39 is 0 Å². The summed E-state index contributed by atoms with van der Waals surface area (Å²) in [5.41, 5.74) is 0. The van der Waals surface area contributed by atoms with Crippen LogP contribution in [-0.4, -0.2) is 5.78 Å². The second-order valence-corrected chi connectivity index (χ2v) is 4.14. The molecule has 0 aliphatic rings. The van der Waals surface area contributed by atoms with Crippen LogP contribution in [0.5, 0.6) is 0 Å². The van der Waals surface area contributed by atoms with E-state index in [9.17, 15) is 4.79 Å². The lowest BCUT2D eigenvalue weighted by molar-refractivity contribution is 0.0933. The van der Waals surface area contributed by atoms with Crippen molar-refractivity contribution in [3.63, 3.8) is 0 Å². The van der Waals surface area contributed by atoms with Crippen molar-refractivity contribution in [3.8, 4) is 0 Å². The Labute approximate surface area is 91.7 Å². The van der Waals surface area contributed by atoms with Crippen molar-refractivity contribution in [1.82, 2.24) is 0 Å². The maximum atomic E-state index is 11.8. The van der Waals surface area contributed by atoms with E-state index in [1.807, 2.05) is 13.0 Å². The van der Waals surface area contributed by atoms with Crippen LogP contribution in [0.4, 0.5) is 0 Å². The van der Waals surface area contributed by atoms with Crippen molar-refractivity contribution >= 4 is 5.78 Å². The normalized spacial score (nSPS) is 12.7. The Kier molecular flexibility index (Phi) is 4.60. The molecule has 0 fully saturated rings. The third-order valence-corrected chi connectivity index (χ3v) is 2.60. The number of rotatable bonds is 6. The van der Waals surface area contributed by atoms with Gasteiger partial charge in [0, 0.05) is 12.8 Å². The van der Waals surface area contributed by atoms with Gasteiger partial charge in [-0.1, -0.05) is 33.6 Å². The van der Waals surface area contributed by atoms with E-state index in [0.717, 1.165) is 25.0 Å². The van der Waals surface area contributed by atoms with Gasteiger partial charge < -0.3 is 4.42 Å². The largest absolute Gasteiger partial charge is 0.458 e. The zero-order valence-corrected chi connectivity index (χ0v) is 9.88. The molecule has 2 heteroatoms. The molecule has 84 valence electrons. The van der Waals surface area contributed by atoms with Gasteiger partial charge in [0.05, 0.1) is 0 Å². The van der Waals surface area contributed by atoms with Gasteiger partial charge >= 0.3 is 0 Å². The maximum absolute atomic E-state index is 11.8. The minimum Gasteiger partial charge on any atom is -0.458 e. The van der Waals surface area contributed by atoms with Crippen LogP contribution in [0.1, 0.15) is 56.3 Å². The van der Waals surface area contributed by atoms with Gasteiger partial charge in [-0.25, -0.2) is 0 Å². The van der Waals surface area contributed by atoms with Gasteiger partial charge in [0.15, 0.2) is 11.5 Å². The van der Waals surface area contributed by atoms with Crippen LogP contribution in [0.15, 0.2) is 16.5 Å². The molecule has 1 aromatic heterocycles. The van der Waals surface area contributed by atoms with Crippen LogP contribution in [-0.2, 0) is 6.42 Å². The van der Waals surface area contributed by atoms with Crippen LogP contribution in [0, 0.1) is 5.92 Å². The molecule has 2 nitrogen and oxygen atoms in total. The molecule has 0 radical (unpaired) electrons. The van der Waals surface area contributed by atoms with Gasteiger partial charge in [-0.2, -0.15) is 0 Å². The van der Waals surface area contributed by atoms with E-state index in [0.29, 0.717) is 18.1 Å². The molecule has 15 heavy (non-hydrogen) atoms. The summed E-state index contributed by atoms with van der Waals surface area (Å²) in [6.45, 7) is 6.28. The fraction of sp³-hybridized carbons (Fsp3) is 0.615. The fourth-order valence-electron chi connectivity index (χ4n) is 1.73. The van der Waals surface area contributed by atoms with Gasteiger partial charge in [0.2, 0.25) is 0 Å². The van der Waals surface area contributed by atoms with Crippen molar-refractivity contribution in [2.45, 2.75) is 46.5 Å². The third-order valence-electron chi connectivity index (χ3n) is 2.60. The number of carbonyl (C=O) groups is 1. The van der Waals surface area contributed by atoms with Crippen LogP contribution >= 0.6 is 0 Å². The van der Waals surface area contributed by atoms with Crippen LogP contribution in [0.3, 0.4) is 0 Å². The number of hydrogen-bond donors (Lipinski definition) is 0. The lowest BCUT2D eigenvalue weighted by Crippen LogP contribution is -2.04. The predicted molar refractivity (Wildman–Crippen MR) is 61.1 cm³/mol. The van der Waals surface area contributed by atoms with Crippen LogP contribution in [0.25, 0.3) is 0 Å². The summed E-state index contributed by atoms with van der Waals surface area (Å²) in [6.07, 6.45) is 3.68. The second kappa shape index (κ2) is 5.74. The quantitative estimate of drug-likeness (QED) is 0.665. The smallest absolute Gasteiger partial charge is 0.198 e. The van der Waals surface area contributed by atoms with E-state index in [2.05, 4.69) is 13.8 Å². The van der Waals surface area contributed by atoms with Gasteiger partial charge in [-0.05, 0) is 18.1 Å². The van der Waals surface area contributed by atoms with E-state index in [-0.39, 0.29) is 5.78 Å². The Morgan fingerprint density at radius 3 is 2.67 bits per heavy atom. The monoisotopic (exact) mass is 208 g/mol. The number of furan rings is 1. The van der Waals surface area contributed by atoms with Crippen molar-refractivity contribution in [2.24, 2.45) is 5.92 Å². The van der Waals surface area contributed by atoms with Crippen LogP contribution in [0.2, 0.25) is 0 Å². The number of hydrogen-bond acceptors (Lipinski definition) is 2. The summed E-state index contributed by atoms with van der Waals surface area (Å²) >= 11 is 0. The Hall–Kier alpha value is -1.05. The zero-order chi connectivity index (χ0) is 11.3. The van der Waals surface area contributed by atoms with Crippen molar-refractivity contribution < 1.29 is 9.21 Å². The Bertz CT molecular complexity index is 312. The summed E-state index contributed by atoms with van der Waals surface area (Å²) in [4.78, 5) is 11.8. The molecular formula is C13H20O2. The van der Waals surface area contributed by atoms with Crippen molar-refractivity contribution in [1.29, 1.82) is 0 Å². The molecule has 0 aromatic carbocycles. The van der Waals surface area contributed by atoms with E-state index in [4.69, 9.17) is 4.42 Å². The summed E-state index contributed by atoms with van der Waals surface area (Å²) in [5.74, 6) is 2.00. The molecule has 0 N–H and O–H groups in total. The first-order valence-corrected chi connectivity index (χ1v) is 5.79. The summed E-state index contributed by atoms with van der Waals surface area (Å²) in [5, 5.41) is 0. The van der Waals surface area contributed by atoms with E-state index in [1.54, 1.807) is 6.07 Å². The van der Waals surface area contributed by atoms with Gasteiger partial charge in [0.1, 0.15) is 5.76 Å². The highest BCUT2D eigenvalue weighted by molar-refractivity contribution is 5.93. The molecule has 0 amide bonds. The predicted octanol–water partition coefficient (Wildman–Crippen LogP) is 3.85. The second-order valence-electron chi connectivity index (χ2n) is 4.14. The van der Waals surface area contributed by atoms with E-state index in [1.165, 1.54) is 0 Å². The highest BCUT2D eigenvalue weighted by Gasteiger charge is 2.13. The number of aryl methyl sites for hydroxylation is 1. The van der Waals surface area contributed by atoms with Gasteiger partial charge in [-0.3, -0.25) is 4.79 Å². The molecular weight excluding hydrogens is 188 g/mol. The number of Topliss-reactive ketones (excluding diaryl/α,β-unsaturated/α-hetero) is 1. The lowest BCUT2D eigenvalue weighted by Gasteiger charge is -2.06. The molecule has 0 saturated heterocycles. The molecule has 1 atom stereocenters. The minimum atomic E-state index is 0.135. The van der Waals surface area contributed by atoms with Crippen molar-refractivity contribution in [2.75, 3.05) is 0 Å². The average Bonchev–Trinajstić information content (AvgIpc) is 2.66. The third kappa shape index (κ3) is 3.54. The van der Waals surface area contributed by atoms with E-state index >= 15 is 0 Å². The Balaban J connectivity index is 2.53. The molecule has 1 heterocycles. The van der Waals surface area contributed by atoms with Crippen LogP contribution < -0.4 is 0 Å². The first-order valence-electron chi connectivity index (χ1n) is 5.79. The Morgan fingerprint density at radius 2 is 2.13 bits per heavy atom. The molecule has 1 aromatic rings. The molecule has 0 saturated carbocycles.